The maximum atomic E-state index is 11.3. The number of aromatic amines is 1. The lowest BCUT2D eigenvalue weighted by atomic mass is 10.3. The van der Waals surface area contributed by atoms with Crippen LogP contribution in [0.5, 0.6) is 5.75 Å². The van der Waals surface area contributed by atoms with Crippen molar-refractivity contribution in [3.05, 3.63) is 48.7 Å². The van der Waals surface area contributed by atoms with Gasteiger partial charge in [0.25, 0.3) is 0 Å². The highest BCUT2D eigenvalue weighted by Gasteiger charge is 2.03. The van der Waals surface area contributed by atoms with Gasteiger partial charge in [0.1, 0.15) is 11.6 Å². The molecule has 1 amide bonds. The molecule has 0 radical (unpaired) electrons. The summed E-state index contributed by atoms with van der Waals surface area (Å²) in [6.45, 7) is 0. The average molecular weight is 202 g/mol. The van der Waals surface area contributed by atoms with E-state index in [2.05, 4.69) is 10.3 Å². The van der Waals surface area contributed by atoms with Crippen molar-refractivity contribution < 1.29 is 9.53 Å². The first kappa shape index (κ1) is 9.33. The van der Waals surface area contributed by atoms with Gasteiger partial charge >= 0.3 is 6.09 Å². The summed E-state index contributed by atoms with van der Waals surface area (Å²) < 4.78 is 5.02. The zero-order valence-electron chi connectivity index (χ0n) is 7.94. The van der Waals surface area contributed by atoms with E-state index in [-0.39, 0.29) is 0 Å². The van der Waals surface area contributed by atoms with Crippen LogP contribution in [-0.4, -0.2) is 11.1 Å². The second-order valence-corrected chi connectivity index (χ2v) is 2.91. The molecule has 1 aromatic heterocycles. The van der Waals surface area contributed by atoms with Crippen LogP contribution >= 0.6 is 0 Å². The Morgan fingerprint density at radius 3 is 2.60 bits per heavy atom. The van der Waals surface area contributed by atoms with Gasteiger partial charge in [0, 0.05) is 6.20 Å². The van der Waals surface area contributed by atoms with E-state index >= 15 is 0 Å². The van der Waals surface area contributed by atoms with Gasteiger partial charge in [-0.3, -0.25) is 5.32 Å². The molecule has 0 aliphatic carbocycles. The third kappa shape index (κ3) is 2.60. The molecule has 0 aliphatic heterocycles. The van der Waals surface area contributed by atoms with Crippen molar-refractivity contribution in [2.45, 2.75) is 0 Å². The van der Waals surface area contributed by atoms with Gasteiger partial charge in [-0.25, -0.2) is 4.79 Å². The molecular weight excluding hydrogens is 192 g/mol. The Morgan fingerprint density at radius 2 is 1.93 bits per heavy atom. The highest BCUT2D eigenvalue weighted by atomic mass is 16.6. The molecule has 4 heteroatoms. The molecule has 0 bridgehead atoms. The second kappa shape index (κ2) is 4.32. The third-order valence-corrected chi connectivity index (χ3v) is 1.79. The molecule has 0 saturated heterocycles. The minimum absolute atomic E-state index is 0.511. The van der Waals surface area contributed by atoms with Crippen LogP contribution in [0.25, 0.3) is 0 Å². The minimum atomic E-state index is -0.511. The topological polar surface area (TPSA) is 54.1 Å². The predicted octanol–water partition coefficient (Wildman–Crippen LogP) is 2.63. The van der Waals surface area contributed by atoms with E-state index in [1.807, 2.05) is 6.07 Å². The van der Waals surface area contributed by atoms with Crippen molar-refractivity contribution in [2.75, 3.05) is 5.32 Å². The molecule has 0 fully saturated rings. The number of para-hydroxylation sites is 1. The standard InChI is InChI=1S/C11H10N2O2/c14-11(13-10-7-4-8-12-10)15-9-5-2-1-3-6-9/h1-8,12H,(H,13,14). The molecule has 76 valence electrons. The Labute approximate surface area is 86.9 Å². The minimum Gasteiger partial charge on any atom is -0.410 e. The predicted molar refractivity (Wildman–Crippen MR) is 56.9 cm³/mol. The number of hydrogen-bond acceptors (Lipinski definition) is 2. The van der Waals surface area contributed by atoms with E-state index < -0.39 is 6.09 Å². The summed E-state index contributed by atoms with van der Waals surface area (Å²) in [6, 6.07) is 12.4. The number of nitrogens with one attached hydrogen (secondary N) is 2. The second-order valence-electron chi connectivity index (χ2n) is 2.91. The Morgan fingerprint density at radius 1 is 1.13 bits per heavy atom. The first-order valence-corrected chi connectivity index (χ1v) is 4.52. The Bertz CT molecular complexity index is 423. The van der Waals surface area contributed by atoms with Gasteiger partial charge in [-0.05, 0) is 24.3 Å². The fraction of sp³-hybridized carbons (Fsp3) is 0. The molecule has 0 spiro atoms. The molecule has 1 aromatic carbocycles. The highest BCUT2D eigenvalue weighted by molar-refractivity contribution is 5.85. The number of rotatable bonds is 2. The molecule has 0 aliphatic rings. The molecule has 2 aromatic rings. The normalized spacial score (nSPS) is 9.60. The molecule has 0 unspecified atom stereocenters. The third-order valence-electron chi connectivity index (χ3n) is 1.79. The molecule has 2 rings (SSSR count). The number of ether oxygens (including phenoxy) is 1. The van der Waals surface area contributed by atoms with Crippen LogP contribution in [0.4, 0.5) is 10.6 Å². The lowest BCUT2D eigenvalue weighted by Gasteiger charge is -2.04. The summed E-state index contributed by atoms with van der Waals surface area (Å²) >= 11 is 0. The number of anilines is 1. The lowest BCUT2D eigenvalue weighted by Crippen LogP contribution is -2.16. The molecule has 4 nitrogen and oxygen atoms in total. The van der Waals surface area contributed by atoms with Crippen molar-refractivity contribution in [1.82, 2.24) is 4.98 Å². The van der Waals surface area contributed by atoms with Gasteiger partial charge in [-0.1, -0.05) is 18.2 Å². The van der Waals surface area contributed by atoms with Crippen molar-refractivity contribution in [3.63, 3.8) is 0 Å². The van der Waals surface area contributed by atoms with Crippen LogP contribution < -0.4 is 10.1 Å². The molecule has 0 saturated carbocycles. The van der Waals surface area contributed by atoms with Gasteiger partial charge in [-0.2, -0.15) is 0 Å². The molecule has 15 heavy (non-hydrogen) atoms. The van der Waals surface area contributed by atoms with Crippen LogP contribution in [0, 0.1) is 0 Å². The van der Waals surface area contributed by atoms with Crippen LogP contribution in [0.3, 0.4) is 0 Å². The van der Waals surface area contributed by atoms with Gasteiger partial charge in [0.2, 0.25) is 0 Å². The Hall–Kier alpha value is -2.23. The Kier molecular flexibility index (Phi) is 2.69. The number of amides is 1. The zero-order chi connectivity index (χ0) is 10.5. The number of aromatic nitrogens is 1. The van der Waals surface area contributed by atoms with Crippen molar-refractivity contribution in [3.8, 4) is 5.75 Å². The summed E-state index contributed by atoms with van der Waals surface area (Å²) in [6.07, 6.45) is 1.21. The van der Waals surface area contributed by atoms with Gasteiger partial charge in [-0.15, -0.1) is 0 Å². The van der Waals surface area contributed by atoms with Gasteiger partial charge in [0.05, 0.1) is 0 Å². The lowest BCUT2D eigenvalue weighted by molar-refractivity contribution is 0.215. The van der Waals surface area contributed by atoms with Crippen LogP contribution in [0.1, 0.15) is 0 Å². The summed E-state index contributed by atoms with van der Waals surface area (Å²) in [7, 11) is 0. The SMILES string of the molecule is O=C(Nc1ccc[nH]1)Oc1ccccc1. The first-order chi connectivity index (χ1) is 7.34. The van der Waals surface area contributed by atoms with E-state index in [0.29, 0.717) is 11.6 Å². The molecule has 2 N–H and O–H groups in total. The van der Waals surface area contributed by atoms with E-state index in [4.69, 9.17) is 4.74 Å². The zero-order valence-corrected chi connectivity index (χ0v) is 7.94. The fourth-order valence-electron chi connectivity index (χ4n) is 1.14. The maximum absolute atomic E-state index is 11.3. The highest BCUT2D eigenvalue weighted by Crippen LogP contribution is 2.09. The largest absolute Gasteiger partial charge is 0.418 e. The monoisotopic (exact) mass is 202 g/mol. The van der Waals surface area contributed by atoms with Crippen molar-refractivity contribution >= 4 is 11.9 Å². The number of hydrogen-bond donors (Lipinski definition) is 2. The average Bonchev–Trinajstić information content (AvgIpc) is 2.71. The number of carbonyl (C=O) groups excluding carboxylic acids is 1. The van der Waals surface area contributed by atoms with Crippen molar-refractivity contribution in [1.29, 1.82) is 0 Å². The fourth-order valence-corrected chi connectivity index (χ4v) is 1.14. The summed E-state index contributed by atoms with van der Waals surface area (Å²) in [5, 5.41) is 2.55. The molecule has 1 heterocycles. The van der Waals surface area contributed by atoms with Crippen LogP contribution in [-0.2, 0) is 0 Å². The van der Waals surface area contributed by atoms with E-state index in [9.17, 15) is 4.79 Å². The first-order valence-electron chi connectivity index (χ1n) is 4.52. The van der Waals surface area contributed by atoms with Crippen molar-refractivity contribution in [2.24, 2.45) is 0 Å². The number of H-pyrrole nitrogens is 1. The van der Waals surface area contributed by atoms with Crippen LogP contribution in [0.15, 0.2) is 48.7 Å². The quantitative estimate of drug-likeness (QED) is 0.786. The number of carbonyl (C=O) groups is 1. The van der Waals surface area contributed by atoms with E-state index in [1.165, 1.54) is 0 Å². The number of benzene rings is 1. The molecule has 0 atom stereocenters. The van der Waals surface area contributed by atoms with Crippen LogP contribution in [0.2, 0.25) is 0 Å². The Balaban J connectivity index is 1.94. The van der Waals surface area contributed by atoms with E-state index in [0.717, 1.165) is 0 Å². The van der Waals surface area contributed by atoms with Gasteiger partial charge < -0.3 is 9.72 Å². The summed E-state index contributed by atoms with van der Waals surface area (Å²) in [5.41, 5.74) is 0. The molecular formula is C11H10N2O2. The van der Waals surface area contributed by atoms with E-state index in [1.54, 1.807) is 42.6 Å². The maximum Gasteiger partial charge on any atom is 0.418 e. The smallest absolute Gasteiger partial charge is 0.410 e. The van der Waals surface area contributed by atoms with Gasteiger partial charge in [0.15, 0.2) is 0 Å². The summed E-state index contributed by atoms with van der Waals surface area (Å²) in [5.74, 6) is 1.12. The summed E-state index contributed by atoms with van der Waals surface area (Å²) in [4.78, 5) is 14.2.